The van der Waals surface area contributed by atoms with Gasteiger partial charge in [0.2, 0.25) is 15.9 Å². The summed E-state index contributed by atoms with van der Waals surface area (Å²) in [7, 11) is -2.43. The van der Waals surface area contributed by atoms with Crippen LogP contribution in [0.3, 0.4) is 0 Å². The second-order valence-corrected chi connectivity index (χ2v) is 9.86. The third-order valence-corrected chi connectivity index (χ3v) is 7.29. The minimum Gasteiger partial charge on any atom is -0.496 e. The van der Waals surface area contributed by atoms with Crippen molar-refractivity contribution in [1.82, 2.24) is 4.72 Å². The van der Waals surface area contributed by atoms with Gasteiger partial charge in [-0.3, -0.25) is 4.79 Å². The molecule has 3 rings (SSSR count). The van der Waals surface area contributed by atoms with Crippen LogP contribution in [0.4, 0.5) is 5.69 Å². The van der Waals surface area contributed by atoms with Crippen molar-refractivity contribution in [3.05, 3.63) is 89.0 Å². The largest absolute Gasteiger partial charge is 0.496 e. The summed E-state index contributed by atoms with van der Waals surface area (Å²) in [5.41, 5.74) is 4.34. The first-order valence-corrected chi connectivity index (χ1v) is 12.9. The monoisotopic (exact) mass is 480 g/mol. The molecule has 180 valence electrons. The summed E-state index contributed by atoms with van der Waals surface area (Å²) in [6.45, 7) is 5.83. The number of para-hydroxylation sites is 1. The van der Waals surface area contributed by atoms with Crippen LogP contribution in [0.25, 0.3) is 0 Å². The first kappa shape index (κ1) is 25.5. The van der Waals surface area contributed by atoms with Crippen molar-refractivity contribution in [2.24, 2.45) is 0 Å². The molecule has 0 bridgehead atoms. The van der Waals surface area contributed by atoms with Crippen molar-refractivity contribution < 1.29 is 17.9 Å². The van der Waals surface area contributed by atoms with Crippen LogP contribution in [0.5, 0.6) is 5.75 Å². The second kappa shape index (κ2) is 11.3. The molecular formula is C27H32N2O4S. The Morgan fingerprint density at radius 1 is 0.941 bits per heavy atom. The second-order valence-electron chi connectivity index (χ2n) is 8.14. The summed E-state index contributed by atoms with van der Waals surface area (Å²) in [5.74, 6) is 0.203. The van der Waals surface area contributed by atoms with Gasteiger partial charge < -0.3 is 10.1 Å². The van der Waals surface area contributed by atoms with Crippen LogP contribution in [0, 0.1) is 6.92 Å². The molecule has 6 nitrogen and oxygen atoms in total. The molecule has 0 fully saturated rings. The van der Waals surface area contributed by atoms with E-state index in [1.165, 1.54) is 13.2 Å². The molecule has 0 aliphatic heterocycles. The quantitative estimate of drug-likeness (QED) is 0.442. The van der Waals surface area contributed by atoms with E-state index in [0.717, 1.165) is 35.2 Å². The normalized spacial score (nSPS) is 12.2. The smallest absolute Gasteiger partial charge is 0.242 e. The number of hydrogen-bond acceptors (Lipinski definition) is 4. The maximum Gasteiger partial charge on any atom is 0.242 e. The summed E-state index contributed by atoms with van der Waals surface area (Å²) >= 11 is 0. The Bertz CT molecular complexity index is 1220. The first-order chi connectivity index (χ1) is 16.3. The molecule has 0 aliphatic carbocycles. The number of nitrogens with one attached hydrogen (secondary N) is 2. The number of anilines is 1. The number of carbonyl (C=O) groups is 1. The van der Waals surface area contributed by atoms with Crippen molar-refractivity contribution >= 4 is 21.6 Å². The van der Waals surface area contributed by atoms with E-state index in [1.807, 2.05) is 62.4 Å². The molecule has 34 heavy (non-hydrogen) atoms. The van der Waals surface area contributed by atoms with Crippen LogP contribution in [0.1, 0.15) is 36.1 Å². The zero-order valence-corrected chi connectivity index (χ0v) is 20.9. The lowest BCUT2D eigenvalue weighted by atomic mass is 10.0. The summed E-state index contributed by atoms with van der Waals surface area (Å²) in [5, 5.41) is 3.02. The molecule has 0 saturated heterocycles. The molecule has 0 spiro atoms. The number of carbonyl (C=O) groups excluding carboxylic acids is 1. The molecule has 1 amide bonds. The number of methoxy groups -OCH3 is 1. The lowest BCUT2D eigenvalue weighted by Gasteiger charge is -2.21. The number of aryl methyl sites for hydroxylation is 3. The van der Waals surface area contributed by atoms with Gasteiger partial charge in [-0.25, -0.2) is 8.42 Å². The van der Waals surface area contributed by atoms with Crippen molar-refractivity contribution in [2.75, 3.05) is 12.4 Å². The average molecular weight is 481 g/mol. The molecule has 0 aromatic heterocycles. The van der Waals surface area contributed by atoms with Gasteiger partial charge in [0.05, 0.1) is 12.0 Å². The van der Waals surface area contributed by atoms with E-state index in [9.17, 15) is 13.2 Å². The number of benzene rings is 3. The van der Waals surface area contributed by atoms with Gasteiger partial charge in [0.1, 0.15) is 11.8 Å². The molecular weight excluding hydrogens is 448 g/mol. The molecule has 0 aliphatic rings. The van der Waals surface area contributed by atoms with Gasteiger partial charge in [0.25, 0.3) is 0 Å². The van der Waals surface area contributed by atoms with Gasteiger partial charge in [-0.05, 0) is 66.6 Å². The van der Waals surface area contributed by atoms with E-state index in [1.54, 1.807) is 19.1 Å². The molecule has 3 aromatic carbocycles. The fourth-order valence-corrected chi connectivity index (χ4v) is 5.20. The van der Waals surface area contributed by atoms with E-state index in [-0.39, 0.29) is 11.3 Å². The lowest BCUT2D eigenvalue weighted by Crippen LogP contribution is -2.45. The third kappa shape index (κ3) is 6.04. The predicted molar refractivity (Wildman–Crippen MR) is 136 cm³/mol. The topological polar surface area (TPSA) is 84.5 Å². The maximum absolute atomic E-state index is 13.5. The SMILES string of the molecule is CCc1cccc(CC)c1NC(=O)C(Cc1ccccc1)NS(=O)(=O)c1ccc(OC)c(C)c1. The van der Waals surface area contributed by atoms with E-state index in [0.29, 0.717) is 11.3 Å². The van der Waals surface area contributed by atoms with E-state index < -0.39 is 22.0 Å². The molecule has 1 unspecified atom stereocenters. The Kier molecular flexibility index (Phi) is 8.47. The van der Waals surface area contributed by atoms with Gasteiger partial charge in [-0.2, -0.15) is 4.72 Å². The minimum absolute atomic E-state index is 0.0832. The van der Waals surface area contributed by atoms with Crippen LogP contribution in [-0.4, -0.2) is 27.5 Å². The van der Waals surface area contributed by atoms with Crippen molar-refractivity contribution in [3.8, 4) is 5.75 Å². The molecule has 2 N–H and O–H groups in total. The average Bonchev–Trinajstić information content (AvgIpc) is 2.84. The number of hydrogen-bond donors (Lipinski definition) is 2. The summed E-state index contributed by atoms with van der Waals surface area (Å²) in [6.07, 6.45) is 1.73. The Morgan fingerprint density at radius 2 is 1.59 bits per heavy atom. The Balaban J connectivity index is 1.94. The highest BCUT2D eigenvalue weighted by molar-refractivity contribution is 7.89. The minimum atomic E-state index is -3.96. The fourth-order valence-electron chi connectivity index (χ4n) is 3.92. The van der Waals surface area contributed by atoms with Crippen molar-refractivity contribution in [2.45, 2.75) is 51.0 Å². The van der Waals surface area contributed by atoms with Gasteiger partial charge in [0, 0.05) is 5.69 Å². The Labute approximate surface area is 202 Å². The molecule has 3 aromatic rings. The highest BCUT2D eigenvalue weighted by Gasteiger charge is 2.27. The molecule has 0 saturated carbocycles. The number of ether oxygens (including phenoxy) is 1. The third-order valence-electron chi connectivity index (χ3n) is 5.82. The lowest BCUT2D eigenvalue weighted by molar-refractivity contribution is -0.117. The maximum atomic E-state index is 13.5. The van der Waals surface area contributed by atoms with Crippen LogP contribution in [0.2, 0.25) is 0 Å². The van der Waals surface area contributed by atoms with Crippen LogP contribution >= 0.6 is 0 Å². The summed E-state index contributed by atoms with van der Waals surface area (Å²) < 4.78 is 34.4. The molecule has 1 atom stereocenters. The number of sulfonamides is 1. The molecule has 0 heterocycles. The van der Waals surface area contributed by atoms with E-state index in [4.69, 9.17) is 4.74 Å². The van der Waals surface area contributed by atoms with Gasteiger partial charge >= 0.3 is 0 Å². The van der Waals surface area contributed by atoms with E-state index >= 15 is 0 Å². The summed E-state index contributed by atoms with van der Waals surface area (Å²) in [4.78, 5) is 13.6. The first-order valence-electron chi connectivity index (χ1n) is 11.4. The summed E-state index contributed by atoms with van der Waals surface area (Å²) in [6, 6.07) is 18.9. The highest BCUT2D eigenvalue weighted by Crippen LogP contribution is 2.24. The van der Waals surface area contributed by atoms with Crippen molar-refractivity contribution in [3.63, 3.8) is 0 Å². The zero-order valence-electron chi connectivity index (χ0n) is 20.1. The fraction of sp³-hybridized carbons (Fsp3) is 0.296. The molecule has 7 heteroatoms. The number of rotatable bonds is 10. The van der Waals surface area contributed by atoms with Gasteiger partial charge in [-0.15, -0.1) is 0 Å². The predicted octanol–water partition coefficient (Wildman–Crippen LogP) is 4.66. The van der Waals surface area contributed by atoms with Crippen LogP contribution < -0.4 is 14.8 Å². The van der Waals surface area contributed by atoms with Gasteiger partial charge in [-0.1, -0.05) is 62.4 Å². The van der Waals surface area contributed by atoms with E-state index in [2.05, 4.69) is 10.0 Å². The zero-order chi connectivity index (χ0) is 24.7. The van der Waals surface area contributed by atoms with Crippen LogP contribution in [0.15, 0.2) is 71.6 Å². The molecule has 0 radical (unpaired) electrons. The number of amides is 1. The van der Waals surface area contributed by atoms with Crippen molar-refractivity contribution in [1.29, 1.82) is 0 Å². The Morgan fingerprint density at radius 3 is 2.15 bits per heavy atom. The standard InChI is InChI=1S/C27H32N2O4S/c1-5-21-13-10-14-22(6-2)26(21)28-27(30)24(18-20-11-8-7-9-12-20)29-34(31,32)23-15-16-25(33-4)19(3)17-23/h7-17,24,29H,5-6,18H2,1-4H3,(H,28,30). The van der Waals surface area contributed by atoms with Crippen LogP contribution in [-0.2, 0) is 34.1 Å². The Hall–Kier alpha value is -3.16. The van der Waals surface area contributed by atoms with Gasteiger partial charge in [0.15, 0.2) is 0 Å². The highest BCUT2D eigenvalue weighted by atomic mass is 32.2.